The molecule has 0 spiro atoms. The van der Waals surface area contributed by atoms with Gasteiger partial charge in [-0.1, -0.05) is 0 Å². The Kier molecular flexibility index (Phi) is 5.79. The van der Waals surface area contributed by atoms with E-state index in [1.54, 1.807) is 0 Å². The van der Waals surface area contributed by atoms with Crippen LogP contribution < -0.4 is 0 Å². The number of carbonyl (C=O) groups is 2. The van der Waals surface area contributed by atoms with Crippen LogP contribution in [0.3, 0.4) is 0 Å². The van der Waals surface area contributed by atoms with E-state index in [9.17, 15) is 9.59 Å². The van der Waals surface area contributed by atoms with E-state index in [4.69, 9.17) is 14.6 Å². The van der Waals surface area contributed by atoms with E-state index in [1.165, 1.54) is 0 Å². The summed E-state index contributed by atoms with van der Waals surface area (Å²) in [5.41, 5.74) is 0. The van der Waals surface area contributed by atoms with Gasteiger partial charge in [-0.3, -0.25) is 9.59 Å². The normalized spacial score (nSPS) is 24.0. The molecule has 1 N–H and O–H groups in total. The van der Waals surface area contributed by atoms with Crippen molar-refractivity contribution in [1.82, 2.24) is 4.90 Å². The minimum Gasteiger partial charge on any atom is -0.481 e. The molecular weight excluding hydrogens is 262 g/mol. The van der Waals surface area contributed by atoms with Gasteiger partial charge in [0, 0.05) is 19.7 Å². The first-order chi connectivity index (χ1) is 9.65. The van der Waals surface area contributed by atoms with Crippen molar-refractivity contribution in [3.63, 3.8) is 0 Å². The van der Waals surface area contributed by atoms with Gasteiger partial charge < -0.3 is 19.5 Å². The third-order valence-corrected chi connectivity index (χ3v) is 3.89. The summed E-state index contributed by atoms with van der Waals surface area (Å²) < 4.78 is 11.0. The van der Waals surface area contributed by atoms with E-state index in [2.05, 4.69) is 0 Å². The number of piperidine rings is 1. The average molecular weight is 285 g/mol. The maximum Gasteiger partial charge on any atom is 0.305 e. The quantitative estimate of drug-likeness (QED) is 0.789. The number of nitrogens with zero attached hydrogens (tertiary/aromatic N) is 1. The van der Waals surface area contributed by atoms with Crippen LogP contribution in [0.15, 0.2) is 0 Å². The van der Waals surface area contributed by atoms with Gasteiger partial charge in [0.1, 0.15) is 0 Å². The van der Waals surface area contributed by atoms with Crippen LogP contribution in [0.5, 0.6) is 0 Å². The molecule has 2 aliphatic rings. The number of carboxylic acids is 1. The maximum absolute atomic E-state index is 12.1. The Balaban J connectivity index is 1.62. The molecule has 6 nitrogen and oxygen atoms in total. The molecule has 1 amide bonds. The Hall–Kier alpha value is -1.14. The van der Waals surface area contributed by atoms with Crippen LogP contribution in [-0.4, -0.2) is 60.4 Å². The fraction of sp³-hybridized carbons (Fsp3) is 0.857. The fourth-order valence-corrected chi connectivity index (χ4v) is 2.71. The van der Waals surface area contributed by atoms with Crippen LogP contribution in [-0.2, 0) is 19.1 Å². The maximum atomic E-state index is 12.1. The van der Waals surface area contributed by atoms with Gasteiger partial charge in [0.05, 0.1) is 31.7 Å². The Bertz CT molecular complexity index is 332. The first-order valence-corrected chi connectivity index (χ1v) is 7.38. The molecule has 1 atom stereocenters. The predicted octanol–water partition coefficient (Wildman–Crippen LogP) is 1.04. The summed E-state index contributed by atoms with van der Waals surface area (Å²) in [5.74, 6) is -0.671. The molecule has 1 unspecified atom stereocenters. The van der Waals surface area contributed by atoms with Gasteiger partial charge in [-0.2, -0.15) is 0 Å². The summed E-state index contributed by atoms with van der Waals surface area (Å²) in [7, 11) is 0. The molecule has 2 rings (SSSR count). The van der Waals surface area contributed by atoms with E-state index in [0.29, 0.717) is 19.5 Å². The summed E-state index contributed by atoms with van der Waals surface area (Å²) in [6.07, 6.45) is 4.34. The van der Waals surface area contributed by atoms with Gasteiger partial charge in [-0.05, 0) is 25.7 Å². The molecule has 6 heteroatoms. The van der Waals surface area contributed by atoms with Crippen LogP contribution in [0, 0.1) is 0 Å². The number of amides is 1. The van der Waals surface area contributed by atoms with Crippen molar-refractivity contribution < 1.29 is 24.2 Å². The number of aliphatic carboxylic acids is 1. The zero-order valence-electron chi connectivity index (χ0n) is 11.8. The first kappa shape index (κ1) is 15.3. The molecule has 0 aliphatic carbocycles. The predicted molar refractivity (Wildman–Crippen MR) is 71.4 cm³/mol. The monoisotopic (exact) mass is 285 g/mol. The largest absolute Gasteiger partial charge is 0.481 e. The summed E-state index contributed by atoms with van der Waals surface area (Å²) in [4.78, 5) is 24.4. The molecular formula is C14H23NO5. The van der Waals surface area contributed by atoms with Gasteiger partial charge in [-0.15, -0.1) is 0 Å². The van der Waals surface area contributed by atoms with Gasteiger partial charge >= 0.3 is 5.97 Å². The minimum atomic E-state index is -0.839. The smallest absolute Gasteiger partial charge is 0.305 e. The van der Waals surface area contributed by atoms with Crippen molar-refractivity contribution in [1.29, 1.82) is 0 Å². The van der Waals surface area contributed by atoms with Crippen molar-refractivity contribution in [2.75, 3.05) is 26.3 Å². The topological polar surface area (TPSA) is 76.1 Å². The van der Waals surface area contributed by atoms with Gasteiger partial charge in [0.15, 0.2) is 0 Å². The second-order valence-electron chi connectivity index (χ2n) is 5.43. The fourth-order valence-electron chi connectivity index (χ4n) is 2.71. The highest BCUT2D eigenvalue weighted by Gasteiger charge is 2.26. The number of rotatable bonds is 6. The molecule has 0 saturated carbocycles. The summed E-state index contributed by atoms with van der Waals surface area (Å²) in [6, 6.07) is 0. The van der Waals surface area contributed by atoms with E-state index >= 15 is 0 Å². The van der Waals surface area contributed by atoms with E-state index in [1.807, 2.05) is 4.90 Å². The molecule has 2 heterocycles. The van der Waals surface area contributed by atoms with Gasteiger partial charge in [0.2, 0.25) is 5.91 Å². The van der Waals surface area contributed by atoms with E-state index in [0.717, 1.165) is 32.3 Å². The lowest BCUT2D eigenvalue weighted by Gasteiger charge is -2.32. The molecule has 0 radical (unpaired) electrons. The molecule has 2 aliphatic heterocycles. The molecule has 0 aromatic carbocycles. The third-order valence-electron chi connectivity index (χ3n) is 3.89. The summed E-state index contributed by atoms with van der Waals surface area (Å²) >= 11 is 0. The molecule has 0 aromatic rings. The Morgan fingerprint density at radius 2 is 2.00 bits per heavy atom. The molecule has 2 fully saturated rings. The Morgan fingerprint density at radius 1 is 1.25 bits per heavy atom. The number of carbonyl (C=O) groups excluding carboxylic acids is 1. The van der Waals surface area contributed by atoms with Crippen molar-refractivity contribution in [3.8, 4) is 0 Å². The Morgan fingerprint density at radius 3 is 2.60 bits per heavy atom. The summed E-state index contributed by atoms with van der Waals surface area (Å²) in [5, 5.41) is 8.55. The van der Waals surface area contributed by atoms with Crippen LogP contribution >= 0.6 is 0 Å². The van der Waals surface area contributed by atoms with Crippen LogP contribution in [0.2, 0.25) is 0 Å². The van der Waals surface area contributed by atoms with Gasteiger partial charge in [-0.25, -0.2) is 0 Å². The van der Waals surface area contributed by atoms with Crippen molar-refractivity contribution in [3.05, 3.63) is 0 Å². The number of carboxylic acid groups (broad SMARTS) is 1. The lowest BCUT2D eigenvalue weighted by atomic mass is 10.1. The number of ether oxygens (including phenoxy) is 2. The highest BCUT2D eigenvalue weighted by atomic mass is 16.5. The standard InChI is InChI=1S/C14H23NO5/c16-13(10-12-2-1-8-19-12)15-6-3-11(4-7-15)20-9-5-14(17)18/h11-12H,1-10H2,(H,17,18). The van der Waals surface area contributed by atoms with Crippen molar-refractivity contribution in [2.45, 2.75) is 50.7 Å². The molecule has 114 valence electrons. The lowest BCUT2D eigenvalue weighted by Crippen LogP contribution is -2.42. The lowest BCUT2D eigenvalue weighted by molar-refractivity contribution is -0.139. The Labute approximate surface area is 119 Å². The molecule has 0 bridgehead atoms. The molecule has 20 heavy (non-hydrogen) atoms. The molecule has 2 saturated heterocycles. The van der Waals surface area contributed by atoms with Crippen LogP contribution in [0.4, 0.5) is 0 Å². The zero-order chi connectivity index (χ0) is 14.4. The minimum absolute atomic E-state index is 0.0398. The molecule has 0 aromatic heterocycles. The average Bonchev–Trinajstić information content (AvgIpc) is 2.92. The first-order valence-electron chi connectivity index (χ1n) is 7.38. The van der Waals surface area contributed by atoms with E-state index < -0.39 is 5.97 Å². The number of hydrogen-bond donors (Lipinski definition) is 1. The highest BCUT2D eigenvalue weighted by molar-refractivity contribution is 5.76. The summed E-state index contributed by atoms with van der Waals surface area (Å²) in [6.45, 7) is 2.42. The van der Waals surface area contributed by atoms with E-state index in [-0.39, 0.29) is 31.1 Å². The second kappa shape index (κ2) is 7.59. The third kappa shape index (κ3) is 4.76. The van der Waals surface area contributed by atoms with Crippen LogP contribution in [0.25, 0.3) is 0 Å². The van der Waals surface area contributed by atoms with Gasteiger partial charge in [0.25, 0.3) is 0 Å². The van der Waals surface area contributed by atoms with Crippen molar-refractivity contribution >= 4 is 11.9 Å². The zero-order valence-corrected chi connectivity index (χ0v) is 11.8. The second-order valence-corrected chi connectivity index (χ2v) is 5.43. The van der Waals surface area contributed by atoms with Crippen molar-refractivity contribution in [2.24, 2.45) is 0 Å². The van der Waals surface area contributed by atoms with Crippen LogP contribution in [0.1, 0.15) is 38.5 Å². The number of hydrogen-bond acceptors (Lipinski definition) is 4. The SMILES string of the molecule is O=C(O)CCOC1CCN(C(=O)CC2CCCO2)CC1. The number of likely N-dealkylation sites (tertiary alicyclic amines) is 1. The highest BCUT2D eigenvalue weighted by Crippen LogP contribution is 2.19.